The number of para-hydroxylation sites is 1. The van der Waals surface area contributed by atoms with Crippen LogP contribution in [0, 0.1) is 0 Å². The third kappa shape index (κ3) is 2.93. The molecule has 0 saturated heterocycles. The van der Waals surface area contributed by atoms with E-state index in [0.717, 1.165) is 37.8 Å². The number of methoxy groups -OCH3 is 1. The maximum atomic E-state index is 12.7. The quantitative estimate of drug-likeness (QED) is 0.460. The predicted octanol–water partition coefficient (Wildman–Crippen LogP) is 5.26. The van der Waals surface area contributed by atoms with Crippen molar-refractivity contribution in [1.29, 1.82) is 0 Å². The van der Waals surface area contributed by atoms with Gasteiger partial charge in [-0.2, -0.15) is 0 Å². The molecule has 0 unspecified atom stereocenters. The molecular weight excluding hydrogens is 370 g/mol. The number of anilines is 1. The molecule has 5 nitrogen and oxygen atoms in total. The van der Waals surface area contributed by atoms with E-state index < -0.39 is 0 Å². The number of amides is 1. The van der Waals surface area contributed by atoms with Crippen molar-refractivity contribution >= 4 is 55.0 Å². The van der Waals surface area contributed by atoms with E-state index in [0.29, 0.717) is 10.6 Å². The summed E-state index contributed by atoms with van der Waals surface area (Å²) in [6, 6.07) is 19.4. The molecule has 0 spiro atoms. The zero-order chi connectivity index (χ0) is 19.1. The first-order valence-corrected chi connectivity index (χ1v) is 9.56. The number of carbonyl (C=O) groups is 1. The summed E-state index contributed by atoms with van der Waals surface area (Å²) in [5.74, 6) is 0.618. The van der Waals surface area contributed by atoms with E-state index >= 15 is 0 Å². The van der Waals surface area contributed by atoms with Gasteiger partial charge in [0.15, 0.2) is 0 Å². The molecule has 0 aliphatic carbocycles. The highest BCUT2D eigenvalue weighted by atomic mass is 32.1. The summed E-state index contributed by atoms with van der Waals surface area (Å²) in [4.78, 5) is 23.2. The molecule has 0 radical (unpaired) electrons. The van der Waals surface area contributed by atoms with Gasteiger partial charge in [0.25, 0.3) is 5.91 Å². The van der Waals surface area contributed by atoms with Gasteiger partial charge in [-0.15, -0.1) is 11.3 Å². The van der Waals surface area contributed by atoms with E-state index in [4.69, 9.17) is 4.74 Å². The molecule has 5 rings (SSSR count). The molecule has 0 saturated carbocycles. The fraction of sp³-hybridized carbons (Fsp3) is 0.0455. The van der Waals surface area contributed by atoms with Crippen LogP contribution in [0.4, 0.5) is 5.69 Å². The topological polar surface area (TPSA) is 64.1 Å². The average Bonchev–Trinajstić information content (AvgIpc) is 3.14. The van der Waals surface area contributed by atoms with Gasteiger partial charge in [0.05, 0.1) is 34.9 Å². The van der Waals surface area contributed by atoms with Crippen LogP contribution in [0.2, 0.25) is 0 Å². The van der Waals surface area contributed by atoms with E-state index in [1.54, 1.807) is 13.3 Å². The van der Waals surface area contributed by atoms with Crippen molar-refractivity contribution in [3.05, 3.63) is 71.7 Å². The van der Waals surface area contributed by atoms with Gasteiger partial charge >= 0.3 is 0 Å². The molecule has 1 amide bonds. The molecule has 0 atom stereocenters. The lowest BCUT2D eigenvalue weighted by atomic mass is 10.2. The predicted molar refractivity (Wildman–Crippen MR) is 113 cm³/mol. The monoisotopic (exact) mass is 385 g/mol. The normalized spacial score (nSPS) is 11.2. The zero-order valence-electron chi connectivity index (χ0n) is 15.0. The van der Waals surface area contributed by atoms with Crippen LogP contribution in [0.3, 0.4) is 0 Å². The van der Waals surface area contributed by atoms with Gasteiger partial charge < -0.3 is 10.1 Å². The summed E-state index contributed by atoms with van der Waals surface area (Å²) in [7, 11) is 1.64. The number of hydrogen-bond donors (Lipinski definition) is 1. The Balaban J connectivity index is 1.48. The molecule has 28 heavy (non-hydrogen) atoms. The molecule has 0 aliphatic heterocycles. The first-order valence-electron chi connectivity index (χ1n) is 8.74. The van der Waals surface area contributed by atoms with Crippen LogP contribution in [-0.2, 0) is 0 Å². The van der Waals surface area contributed by atoms with Gasteiger partial charge in [-0.25, -0.2) is 4.98 Å². The van der Waals surface area contributed by atoms with E-state index in [1.807, 2.05) is 60.7 Å². The highest BCUT2D eigenvalue weighted by Gasteiger charge is 2.13. The minimum Gasteiger partial charge on any atom is -0.497 e. The van der Waals surface area contributed by atoms with Crippen molar-refractivity contribution in [2.75, 3.05) is 12.4 Å². The van der Waals surface area contributed by atoms with Gasteiger partial charge in [-0.1, -0.05) is 18.2 Å². The molecule has 136 valence electrons. The van der Waals surface area contributed by atoms with E-state index in [-0.39, 0.29) is 5.91 Å². The first kappa shape index (κ1) is 16.6. The van der Waals surface area contributed by atoms with Crippen molar-refractivity contribution in [1.82, 2.24) is 9.97 Å². The average molecular weight is 385 g/mol. The van der Waals surface area contributed by atoms with Crippen LogP contribution in [0.25, 0.3) is 32.0 Å². The summed E-state index contributed by atoms with van der Waals surface area (Å²) in [6.07, 6.45) is 1.67. The molecule has 6 heteroatoms. The Bertz CT molecular complexity index is 1360. The molecule has 0 aliphatic rings. The molecule has 0 bridgehead atoms. The van der Waals surface area contributed by atoms with Crippen molar-refractivity contribution < 1.29 is 9.53 Å². The Morgan fingerprint density at radius 3 is 2.75 bits per heavy atom. The Kier molecular flexibility index (Phi) is 3.91. The number of nitrogens with one attached hydrogen (secondary N) is 1. The highest BCUT2D eigenvalue weighted by Crippen LogP contribution is 2.29. The van der Waals surface area contributed by atoms with Crippen LogP contribution in [0.15, 0.2) is 66.9 Å². The van der Waals surface area contributed by atoms with Crippen LogP contribution < -0.4 is 10.1 Å². The molecule has 2 aromatic carbocycles. The molecule has 3 aromatic heterocycles. The first-order chi connectivity index (χ1) is 13.7. The second kappa shape index (κ2) is 6.58. The number of aromatic nitrogens is 2. The fourth-order valence-corrected chi connectivity index (χ4v) is 4.10. The number of hydrogen-bond acceptors (Lipinski definition) is 5. The van der Waals surface area contributed by atoms with Crippen molar-refractivity contribution in [2.24, 2.45) is 0 Å². The number of rotatable bonds is 3. The minimum absolute atomic E-state index is 0.165. The lowest BCUT2D eigenvalue weighted by molar-refractivity contribution is 0.103. The largest absolute Gasteiger partial charge is 0.497 e. The standard InChI is InChI=1S/C22H15N3O2S/c1-27-17-6-7-19-14(10-17)8-15-11-20(28-22(15)25-19)21(26)24-16-9-13-4-2-3-5-18(13)23-12-16/h2-12H,1H3,(H,24,26). The second-order valence-electron chi connectivity index (χ2n) is 6.42. The maximum Gasteiger partial charge on any atom is 0.265 e. The summed E-state index contributed by atoms with van der Waals surface area (Å²) in [6.45, 7) is 0. The van der Waals surface area contributed by atoms with Crippen LogP contribution in [0.5, 0.6) is 5.75 Å². The second-order valence-corrected chi connectivity index (χ2v) is 7.45. The van der Waals surface area contributed by atoms with E-state index in [9.17, 15) is 4.79 Å². The van der Waals surface area contributed by atoms with Gasteiger partial charge in [0, 0.05) is 16.2 Å². The molecule has 5 aromatic rings. The minimum atomic E-state index is -0.165. The molecule has 0 fully saturated rings. The van der Waals surface area contributed by atoms with Crippen LogP contribution in [0.1, 0.15) is 9.67 Å². The maximum absolute atomic E-state index is 12.7. The van der Waals surface area contributed by atoms with Crippen LogP contribution >= 0.6 is 11.3 Å². The summed E-state index contributed by atoms with van der Waals surface area (Å²) in [5, 5.41) is 5.84. The van der Waals surface area contributed by atoms with Crippen LogP contribution in [-0.4, -0.2) is 23.0 Å². The number of fused-ring (bicyclic) bond motifs is 3. The number of carbonyl (C=O) groups excluding carboxylic acids is 1. The third-order valence-electron chi connectivity index (χ3n) is 4.58. The zero-order valence-corrected chi connectivity index (χ0v) is 15.8. The van der Waals surface area contributed by atoms with E-state index in [2.05, 4.69) is 15.3 Å². The Labute approximate surface area is 164 Å². The lowest BCUT2D eigenvalue weighted by Crippen LogP contribution is -2.10. The third-order valence-corrected chi connectivity index (χ3v) is 5.62. The Morgan fingerprint density at radius 2 is 1.86 bits per heavy atom. The Hall–Kier alpha value is -3.51. The lowest BCUT2D eigenvalue weighted by Gasteiger charge is -2.04. The summed E-state index contributed by atoms with van der Waals surface area (Å²) in [5.41, 5.74) is 2.44. The number of nitrogens with zero attached hydrogens (tertiary/aromatic N) is 2. The van der Waals surface area contributed by atoms with Crippen molar-refractivity contribution in [2.45, 2.75) is 0 Å². The van der Waals surface area contributed by atoms with Crippen molar-refractivity contribution in [3.8, 4) is 5.75 Å². The highest BCUT2D eigenvalue weighted by molar-refractivity contribution is 7.20. The van der Waals surface area contributed by atoms with Gasteiger partial charge in [0.2, 0.25) is 0 Å². The fourth-order valence-electron chi connectivity index (χ4n) is 3.18. The number of ether oxygens (including phenoxy) is 1. The molecular formula is C22H15N3O2S. The number of benzene rings is 2. The number of pyridine rings is 2. The smallest absolute Gasteiger partial charge is 0.265 e. The summed E-state index contributed by atoms with van der Waals surface area (Å²) >= 11 is 1.38. The molecule has 3 heterocycles. The summed E-state index contributed by atoms with van der Waals surface area (Å²) < 4.78 is 5.28. The van der Waals surface area contributed by atoms with Gasteiger partial charge in [-0.05, 0) is 42.5 Å². The molecule has 1 N–H and O–H groups in total. The Morgan fingerprint density at radius 1 is 0.964 bits per heavy atom. The van der Waals surface area contributed by atoms with Crippen molar-refractivity contribution in [3.63, 3.8) is 0 Å². The SMILES string of the molecule is COc1ccc2nc3sc(C(=O)Nc4cnc5ccccc5c4)cc3cc2c1. The number of thiophene rings is 1. The van der Waals surface area contributed by atoms with Gasteiger partial charge in [0.1, 0.15) is 10.6 Å². The van der Waals surface area contributed by atoms with E-state index in [1.165, 1.54) is 11.3 Å². The van der Waals surface area contributed by atoms with Gasteiger partial charge in [-0.3, -0.25) is 9.78 Å².